The minimum Gasteiger partial charge on any atom is -0.216 e. The van der Waals surface area contributed by atoms with E-state index in [0.29, 0.717) is 21.4 Å². The summed E-state index contributed by atoms with van der Waals surface area (Å²) in [5.74, 6) is -0.0865. The molecule has 0 radical (unpaired) electrons. The molecule has 1 aromatic carbocycles. The summed E-state index contributed by atoms with van der Waals surface area (Å²) in [7, 11) is 0. The molecule has 2 aromatic rings. The van der Waals surface area contributed by atoms with Crippen LogP contribution in [0, 0.1) is 12.7 Å². The maximum Gasteiger partial charge on any atom is 0.162 e. The summed E-state index contributed by atoms with van der Waals surface area (Å²) in [4.78, 5) is 8.14. The maximum atomic E-state index is 13.2. The molecule has 0 saturated heterocycles. The van der Waals surface area contributed by atoms with E-state index in [1.807, 2.05) is 0 Å². The van der Waals surface area contributed by atoms with Crippen molar-refractivity contribution < 1.29 is 4.39 Å². The van der Waals surface area contributed by atoms with Gasteiger partial charge in [0.15, 0.2) is 5.82 Å². The number of hydrogen-bond donors (Lipinski definition) is 0. The van der Waals surface area contributed by atoms with E-state index in [4.69, 9.17) is 23.2 Å². The Morgan fingerprint density at radius 2 is 1.71 bits per heavy atom. The number of aromatic nitrogens is 2. The number of halogens is 4. The van der Waals surface area contributed by atoms with Crippen molar-refractivity contribution in [2.24, 2.45) is 0 Å². The van der Waals surface area contributed by atoms with E-state index in [0.717, 1.165) is 0 Å². The van der Waals surface area contributed by atoms with Crippen LogP contribution in [0.4, 0.5) is 4.39 Å². The largest absolute Gasteiger partial charge is 0.216 e. The molecule has 0 fully saturated rings. The third kappa shape index (κ3) is 2.76. The van der Waals surface area contributed by atoms with E-state index in [2.05, 4.69) is 25.9 Å². The average molecular weight is 336 g/mol. The third-order valence-electron chi connectivity index (χ3n) is 2.15. The average Bonchev–Trinajstić information content (AvgIpc) is 2.23. The quantitative estimate of drug-likeness (QED) is 0.708. The predicted molar refractivity (Wildman–Crippen MR) is 69.9 cm³/mol. The van der Waals surface area contributed by atoms with Crippen LogP contribution in [0.5, 0.6) is 0 Å². The molecule has 17 heavy (non-hydrogen) atoms. The first-order chi connectivity index (χ1) is 7.97. The molecule has 0 N–H and O–H groups in total. The van der Waals surface area contributed by atoms with E-state index < -0.39 is 0 Å². The lowest BCUT2D eigenvalue weighted by molar-refractivity contribution is 0.627. The molecule has 0 aliphatic carbocycles. The Kier molecular flexibility index (Phi) is 3.66. The molecule has 0 spiro atoms. The van der Waals surface area contributed by atoms with Gasteiger partial charge in [-0.2, -0.15) is 0 Å². The van der Waals surface area contributed by atoms with Gasteiger partial charge in [-0.05, 0) is 25.1 Å². The van der Waals surface area contributed by atoms with Gasteiger partial charge in [-0.15, -0.1) is 0 Å². The molecule has 0 bridgehead atoms. The number of rotatable bonds is 1. The molecule has 6 heteroatoms. The van der Waals surface area contributed by atoms with Gasteiger partial charge < -0.3 is 0 Å². The van der Waals surface area contributed by atoms with Crippen LogP contribution in [0.2, 0.25) is 10.3 Å². The van der Waals surface area contributed by atoms with Gasteiger partial charge in [0.2, 0.25) is 0 Å². The SMILES string of the molecule is Cc1c(Cl)nc(-c2cc(F)cc(Br)c2)nc1Cl. The summed E-state index contributed by atoms with van der Waals surface area (Å²) in [6.07, 6.45) is 0. The summed E-state index contributed by atoms with van der Waals surface area (Å²) in [5.41, 5.74) is 1.12. The Balaban J connectivity index is 2.60. The first kappa shape index (κ1) is 12.7. The molecule has 2 rings (SSSR count). The van der Waals surface area contributed by atoms with Crippen molar-refractivity contribution in [3.8, 4) is 11.4 Å². The molecular weight excluding hydrogens is 330 g/mol. The highest BCUT2D eigenvalue weighted by Gasteiger charge is 2.10. The first-order valence-corrected chi connectivity index (χ1v) is 6.18. The smallest absolute Gasteiger partial charge is 0.162 e. The normalized spacial score (nSPS) is 10.6. The predicted octanol–water partition coefficient (Wildman–Crippen LogP) is 4.66. The minimum absolute atomic E-state index is 0.264. The van der Waals surface area contributed by atoms with Crippen molar-refractivity contribution in [1.82, 2.24) is 9.97 Å². The molecule has 0 aliphatic rings. The van der Waals surface area contributed by atoms with Crippen LogP contribution in [0.1, 0.15) is 5.56 Å². The molecule has 0 atom stereocenters. The van der Waals surface area contributed by atoms with Gasteiger partial charge in [0, 0.05) is 15.6 Å². The van der Waals surface area contributed by atoms with Crippen LogP contribution in [0.25, 0.3) is 11.4 Å². The third-order valence-corrected chi connectivity index (χ3v) is 3.34. The molecule has 0 unspecified atom stereocenters. The van der Waals surface area contributed by atoms with Gasteiger partial charge in [0.25, 0.3) is 0 Å². The van der Waals surface area contributed by atoms with Gasteiger partial charge in [-0.3, -0.25) is 0 Å². The summed E-state index contributed by atoms with van der Waals surface area (Å²) < 4.78 is 13.8. The number of nitrogens with zero attached hydrogens (tertiary/aromatic N) is 2. The van der Waals surface area contributed by atoms with Crippen LogP contribution in [-0.4, -0.2) is 9.97 Å². The van der Waals surface area contributed by atoms with Crippen LogP contribution in [-0.2, 0) is 0 Å². The zero-order chi connectivity index (χ0) is 12.6. The highest BCUT2D eigenvalue weighted by Crippen LogP contribution is 2.27. The molecule has 1 heterocycles. The molecule has 2 nitrogen and oxygen atoms in total. The van der Waals surface area contributed by atoms with Crippen LogP contribution >= 0.6 is 39.1 Å². The van der Waals surface area contributed by atoms with Crippen molar-refractivity contribution in [2.75, 3.05) is 0 Å². The van der Waals surface area contributed by atoms with E-state index >= 15 is 0 Å². The van der Waals surface area contributed by atoms with Crippen molar-refractivity contribution in [1.29, 1.82) is 0 Å². The van der Waals surface area contributed by atoms with Gasteiger partial charge >= 0.3 is 0 Å². The topological polar surface area (TPSA) is 25.8 Å². The zero-order valence-corrected chi connectivity index (χ0v) is 11.7. The number of benzene rings is 1. The lowest BCUT2D eigenvalue weighted by Gasteiger charge is -2.05. The van der Waals surface area contributed by atoms with Crippen molar-refractivity contribution in [2.45, 2.75) is 6.92 Å². The Bertz CT molecular complexity index is 546. The van der Waals surface area contributed by atoms with E-state index in [9.17, 15) is 4.39 Å². The summed E-state index contributed by atoms with van der Waals surface area (Å²) in [6, 6.07) is 4.36. The van der Waals surface area contributed by atoms with Crippen LogP contribution < -0.4 is 0 Å². The second kappa shape index (κ2) is 4.88. The van der Waals surface area contributed by atoms with Crippen molar-refractivity contribution in [3.05, 3.63) is 44.4 Å². The molecule has 0 amide bonds. The van der Waals surface area contributed by atoms with Gasteiger partial charge in [0.05, 0.1) is 0 Å². The van der Waals surface area contributed by atoms with Crippen LogP contribution in [0.3, 0.4) is 0 Å². The Morgan fingerprint density at radius 1 is 1.12 bits per heavy atom. The summed E-state index contributed by atoms with van der Waals surface area (Å²) >= 11 is 15.0. The molecular formula is C11H6BrCl2FN2. The lowest BCUT2D eigenvalue weighted by Crippen LogP contribution is -1.94. The van der Waals surface area contributed by atoms with Crippen LogP contribution in [0.15, 0.2) is 22.7 Å². The fourth-order valence-corrected chi connectivity index (χ4v) is 2.13. The van der Waals surface area contributed by atoms with Gasteiger partial charge in [-0.25, -0.2) is 14.4 Å². The number of hydrogen-bond acceptors (Lipinski definition) is 2. The Morgan fingerprint density at radius 3 is 2.24 bits per heavy atom. The zero-order valence-electron chi connectivity index (χ0n) is 8.64. The van der Waals surface area contributed by atoms with Gasteiger partial charge in [0.1, 0.15) is 16.1 Å². The van der Waals surface area contributed by atoms with Crippen molar-refractivity contribution >= 4 is 39.1 Å². The van der Waals surface area contributed by atoms with E-state index in [1.54, 1.807) is 13.0 Å². The fraction of sp³-hybridized carbons (Fsp3) is 0.0909. The Labute approximate surface area is 116 Å². The van der Waals surface area contributed by atoms with E-state index in [1.165, 1.54) is 12.1 Å². The standard InChI is InChI=1S/C11H6BrCl2FN2/c1-5-9(13)16-11(17-10(5)14)6-2-7(12)4-8(15)3-6/h2-4H,1H3. The van der Waals surface area contributed by atoms with Gasteiger partial charge in [-0.1, -0.05) is 39.1 Å². The maximum absolute atomic E-state index is 13.2. The highest BCUT2D eigenvalue weighted by molar-refractivity contribution is 9.10. The molecule has 88 valence electrons. The van der Waals surface area contributed by atoms with Crippen molar-refractivity contribution in [3.63, 3.8) is 0 Å². The minimum atomic E-state index is -0.384. The Hall–Kier alpha value is -0.710. The van der Waals surface area contributed by atoms with E-state index in [-0.39, 0.29) is 16.1 Å². The fourth-order valence-electron chi connectivity index (χ4n) is 1.28. The molecule has 0 aliphatic heterocycles. The summed E-state index contributed by atoms with van der Waals surface area (Å²) in [6.45, 7) is 1.72. The monoisotopic (exact) mass is 334 g/mol. The highest BCUT2D eigenvalue weighted by atomic mass is 79.9. The summed E-state index contributed by atoms with van der Waals surface area (Å²) in [5, 5.41) is 0.528. The first-order valence-electron chi connectivity index (χ1n) is 4.63. The lowest BCUT2D eigenvalue weighted by atomic mass is 10.2. The molecule has 1 aromatic heterocycles. The second-order valence-corrected chi connectivity index (χ2v) is 5.04. The second-order valence-electron chi connectivity index (χ2n) is 3.41. The molecule has 0 saturated carbocycles.